The maximum absolute atomic E-state index is 2.44. The number of benzene rings is 11. The minimum absolute atomic E-state index is 1.08. The summed E-state index contributed by atoms with van der Waals surface area (Å²) in [5.41, 5.74) is 6.66. The largest absolute Gasteiger partial charge is 0.310 e. The van der Waals surface area contributed by atoms with Gasteiger partial charge in [-0.05, 0) is 98.4 Å². The molecule has 2 nitrogen and oxygen atoms in total. The lowest BCUT2D eigenvalue weighted by atomic mass is 9.96. The van der Waals surface area contributed by atoms with Crippen LogP contribution in [0.1, 0.15) is 0 Å². The minimum atomic E-state index is 1.08. The lowest BCUT2D eigenvalue weighted by Crippen LogP contribution is -2.14. The Morgan fingerprint density at radius 1 is 0.271 bits per heavy atom. The molecule has 12 aromatic rings. The van der Waals surface area contributed by atoms with E-state index in [4.69, 9.17) is 0 Å². The van der Waals surface area contributed by atoms with Gasteiger partial charge >= 0.3 is 0 Å². The van der Waals surface area contributed by atoms with Crippen molar-refractivity contribution in [3.63, 3.8) is 0 Å². The predicted octanol–water partition coefficient (Wildman–Crippen LogP) is 16.8. The van der Waals surface area contributed by atoms with Crippen molar-refractivity contribution in [1.29, 1.82) is 0 Å². The van der Waals surface area contributed by atoms with Gasteiger partial charge in [0.05, 0.1) is 11.4 Å². The molecule has 3 heteroatoms. The molecule has 0 radical (unpaired) electrons. The molecule has 0 aliphatic heterocycles. The second kappa shape index (κ2) is 13.6. The molecule has 0 aliphatic rings. The molecular formula is C56H36N2S. The lowest BCUT2D eigenvalue weighted by molar-refractivity contribution is 1.27. The molecule has 1 aromatic heterocycles. The Morgan fingerprint density at radius 2 is 0.763 bits per heavy atom. The molecule has 0 fully saturated rings. The standard InChI is InChI=1S/C56H36N2S/c1-2-17-40-34-43(31-30-37(40)14-1)57(44-32-33-48-47-24-7-8-25-49(47)55-50-26-9-10-29-54(50)59-56(55)51(48)36-44)41-20-13-21-42(35-41)58(52-27-11-18-38-15-3-5-22-45(38)52)53-28-12-19-39-16-4-6-23-46(39)53/h1-36H. The Hall–Kier alpha value is -7.46. The van der Waals surface area contributed by atoms with E-state index in [0.29, 0.717) is 0 Å². The zero-order chi connectivity index (χ0) is 38.9. The molecule has 11 aromatic carbocycles. The Balaban J connectivity index is 1.12. The fraction of sp³-hybridized carbons (Fsp3) is 0. The van der Waals surface area contributed by atoms with Crippen molar-refractivity contribution in [3.05, 3.63) is 218 Å². The highest BCUT2D eigenvalue weighted by molar-refractivity contribution is 7.27. The van der Waals surface area contributed by atoms with E-state index in [1.807, 2.05) is 11.3 Å². The van der Waals surface area contributed by atoms with Crippen LogP contribution in [0, 0.1) is 0 Å². The van der Waals surface area contributed by atoms with Crippen LogP contribution < -0.4 is 9.80 Å². The number of hydrogen-bond donors (Lipinski definition) is 0. The first-order valence-electron chi connectivity index (χ1n) is 20.2. The number of rotatable bonds is 6. The predicted molar refractivity (Wildman–Crippen MR) is 256 cm³/mol. The first-order chi connectivity index (χ1) is 29.3. The van der Waals surface area contributed by atoms with E-state index in [-0.39, 0.29) is 0 Å². The Labute approximate surface area is 346 Å². The number of anilines is 6. The van der Waals surface area contributed by atoms with Crippen molar-refractivity contribution in [2.45, 2.75) is 0 Å². The summed E-state index contributed by atoms with van der Waals surface area (Å²) in [6.45, 7) is 0. The fourth-order valence-corrected chi connectivity index (χ4v) is 10.5. The third-order valence-electron chi connectivity index (χ3n) is 11.9. The summed E-state index contributed by atoms with van der Waals surface area (Å²) in [4.78, 5) is 4.88. The first-order valence-corrected chi connectivity index (χ1v) is 21.0. The quantitative estimate of drug-likeness (QED) is 0.155. The van der Waals surface area contributed by atoms with Crippen LogP contribution in [0.4, 0.5) is 34.1 Å². The smallest absolute Gasteiger partial charge is 0.0540 e. The van der Waals surface area contributed by atoms with Gasteiger partial charge in [0.15, 0.2) is 0 Å². The molecule has 0 bridgehead atoms. The lowest BCUT2D eigenvalue weighted by Gasteiger charge is -2.31. The van der Waals surface area contributed by atoms with E-state index in [1.165, 1.54) is 74.0 Å². The first kappa shape index (κ1) is 33.7. The van der Waals surface area contributed by atoms with Crippen LogP contribution in [0.3, 0.4) is 0 Å². The normalized spacial score (nSPS) is 11.7. The van der Waals surface area contributed by atoms with Gasteiger partial charge in [-0.3, -0.25) is 0 Å². The Kier molecular flexibility index (Phi) is 7.75. The van der Waals surface area contributed by atoms with E-state index in [2.05, 4.69) is 228 Å². The molecule has 0 atom stereocenters. The van der Waals surface area contributed by atoms with Gasteiger partial charge in [0.1, 0.15) is 0 Å². The summed E-state index contributed by atoms with van der Waals surface area (Å²) in [5, 5.41) is 15.0. The molecule has 0 aliphatic carbocycles. The number of fused-ring (bicyclic) bond motifs is 11. The third-order valence-corrected chi connectivity index (χ3v) is 13.1. The van der Waals surface area contributed by atoms with Gasteiger partial charge in [0.25, 0.3) is 0 Å². The molecule has 0 N–H and O–H groups in total. The molecule has 0 amide bonds. The average Bonchev–Trinajstić information content (AvgIpc) is 3.70. The van der Waals surface area contributed by atoms with E-state index in [0.717, 1.165) is 34.1 Å². The minimum Gasteiger partial charge on any atom is -0.310 e. The monoisotopic (exact) mass is 768 g/mol. The van der Waals surface area contributed by atoms with Crippen LogP contribution in [0.2, 0.25) is 0 Å². The molecule has 0 spiro atoms. The van der Waals surface area contributed by atoms with Crippen molar-refractivity contribution in [3.8, 4) is 0 Å². The zero-order valence-electron chi connectivity index (χ0n) is 32.1. The van der Waals surface area contributed by atoms with Crippen LogP contribution in [0.5, 0.6) is 0 Å². The molecular weight excluding hydrogens is 733 g/mol. The Bertz CT molecular complexity index is 3510. The number of thiophene rings is 1. The van der Waals surface area contributed by atoms with Crippen molar-refractivity contribution in [1.82, 2.24) is 0 Å². The molecule has 59 heavy (non-hydrogen) atoms. The van der Waals surface area contributed by atoms with E-state index in [1.54, 1.807) is 0 Å². The van der Waals surface area contributed by atoms with Crippen LogP contribution >= 0.6 is 11.3 Å². The summed E-state index contributed by atoms with van der Waals surface area (Å²) < 4.78 is 2.64. The van der Waals surface area contributed by atoms with Gasteiger partial charge in [0.2, 0.25) is 0 Å². The maximum Gasteiger partial charge on any atom is 0.0540 e. The molecule has 276 valence electrons. The van der Waals surface area contributed by atoms with Gasteiger partial charge in [-0.15, -0.1) is 11.3 Å². The highest BCUT2D eigenvalue weighted by atomic mass is 32.1. The van der Waals surface area contributed by atoms with Gasteiger partial charge in [-0.1, -0.05) is 158 Å². The second-order valence-electron chi connectivity index (χ2n) is 15.3. The molecule has 1 heterocycles. The van der Waals surface area contributed by atoms with Crippen molar-refractivity contribution >= 4 is 119 Å². The summed E-state index contributed by atoms with van der Waals surface area (Å²) in [5.74, 6) is 0. The van der Waals surface area contributed by atoms with Crippen LogP contribution in [-0.4, -0.2) is 0 Å². The Morgan fingerprint density at radius 3 is 1.49 bits per heavy atom. The highest BCUT2D eigenvalue weighted by Gasteiger charge is 2.22. The average molecular weight is 769 g/mol. The van der Waals surface area contributed by atoms with Gasteiger partial charge in [-0.25, -0.2) is 0 Å². The summed E-state index contributed by atoms with van der Waals surface area (Å²) in [6.07, 6.45) is 0. The zero-order valence-corrected chi connectivity index (χ0v) is 32.9. The van der Waals surface area contributed by atoms with Crippen molar-refractivity contribution in [2.24, 2.45) is 0 Å². The molecule has 12 rings (SSSR count). The molecule has 0 saturated heterocycles. The van der Waals surface area contributed by atoms with Gasteiger partial charge in [-0.2, -0.15) is 0 Å². The van der Waals surface area contributed by atoms with Gasteiger partial charge < -0.3 is 9.80 Å². The van der Waals surface area contributed by atoms with E-state index >= 15 is 0 Å². The van der Waals surface area contributed by atoms with Crippen LogP contribution in [-0.2, 0) is 0 Å². The van der Waals surface area contributed by atoms with E-state index in [9.17, 15) is 0 Å². The van der Waals surface area contributed by atoms with Gasteiger partial charge in [0, 0.05) is 59.1 Å². The van der Waals surface area contributed by atoms with Crippen molar-refractivity contribution < 1.29 is 0 Å². The number of hydrogen-bond acceptors (Lipinski definition) is 3. The molecule has 0 saturated carbocycles. The van der Waals surface area contributed by atoms with Crippen molar-refractivity contribution in [2.75, 3.05) is 9.80 Å². The van der Waals surface area contributed by atoms with E-state index < -0.39 is 0 Å². The second-order valence-corrected chi connectivity index (χ2v) is 16.3. The molecule has 0 unspecified atom stereocenters. The highest BCUT2D eigenvalue weighted by Crippen LogP contribution is 2.48. The summed E-state index contributed by atoms with van der Waals surface area (Å²) >= 11 is 1.90. The number of nitrogens with zero attached hydrogens (tertiary/aromatic N) is 2. The maximum atomic E-state index is 2.44. The third kappa shape index (κ3) is 5.47. The van der Waals surface area contributed by atoms with Crippen LogP contribution in [0.25, 0.3) is 74.0 Å². The summed E-state index contributed by atoms with van der Waals surface area (Å²) in [6, 6.07) is 80.1. The SMILES string of the molecule is c1cc(N(c2ccc3ccccc3c2)c2ccc3c4ccccc4c4c5ccccc5sc4c3c2)cc(N(c2cccc3ccccc23)c2cccc3ccccc23)c1. The summed E-state index contributed by atoms with van der Waals surface area (Å²) in [7, 11) is 0. The fourth-order valence-electron chi connectivity index (χ4n) is 9.28. The topological polar surface area (TPSA) is 6.48 Å². The van der Waals surface area contributed by atoms with Crippen LogP contribution in [0.15, 0.2) is 218 Å².